The summed E-state index contributed by atoms with van der Waals surface area (Å²) >= 11 is 0. The van der Waals surface area contributed by atoms with Crippen molar-refractivity contribution in [2.75, 3.05) is 86.4 Å². The van der Waals surface area contributed by atoms with E-state index in [0.29, 0.717) is 102 Å². The molecule has 2 aromatic rings. The van der Waals surface area contributed by atoms with Gasteiger partial charge in [0.25, 0.3) is 0 Å². The zero-order chi connectivity index (χ0) is 26.0. The fourth-order valence-electron chi connectivity index (χ4n) is 3.31. The first-order valence-corrected chi connectivity index (χ1v) is 12.4. The highest BCUT2D eigenvalue weighted by molar-refractivity contribution is 5.72. The second-order valence-electron chi connectivity index (χ2n) is 7.82. The van der Waals surface area contributed by atoms with Crippen LogP contribution in [0, 0.1) is 0 Å². The van der Waals surface area contributed by atoms with E-state index in [1.807, 2.05) is 24.3 Å². The van der Waals surface area contributed by atoms with Crippen LogP contribution in [0.4, 0.5) is 0 Å². The number of ether oxygens (including phenoxy) is 9. The molecule has 0 radical (unpaired) electrons. The maximum absolute atomic E-state index is 11.6. The van der Waals surface area contributed by atoms with Gasteiger partial charge in [0.1, 0.15) is 26.4 Å². The van der Waals surface area contributed by atoms with Crippen LogP contribution >= 0.6 is 0 Å². The van der Waals surface area contributed by atoms with Crippen molar-refractivity contribution in [2.45, 2.75) is 6.42 Å². The maximum atomic E-state index is 11.6. The number of fused-ring (bicyclic) bond motifs is 2. The first kappa shape index (κ1) is 28.5. The smallest absolute Gasteiger partial charge is 0.309 e. The summed E-state index contributed by atoms with van der Waals surface area (Å²) < 4.78 is 50.4. The molecule has 0 unspecified atom stereocenters. The highest BCUT2D eigenvalue weighted by atomic mass is 16.6. The van der Waals surface area contributed by atoms with Gasteiger partial charge < -0.3 is 42.6 Å². The third kappa shape index (κ3) is 11.3. The van der Waals surface area contributed by atoms with Crippen molar-refractivity contribution < 1.29 is 47.4 Å². The standard InChI is InChI=1S/C27H36O10/c1-29-27(28)21-22-6-7-25-26(20-22)37-19-15-33-11-10-31-13-17-35-24-5-3-2-4-23(24)34-16-12-30-8-9-32-14-18-36-25/h2-7,20H,8-19,21H2,1H3. The number of para-hydroxylation sites is 2. The fourth-order valence-corrected chi connectivity index (χ4v) is 3.31. The van der Waals surface area contributed by atoms with Crippen LogP contribution in [0.1, 0.15) is 5.56 Å². The molecule has 0 atom stereocenters. The normalized spacial score (nSPS) is 17.2. The molecular weight excluding hydrogens is 484 g/mol. The minimum absolute atomic E-state index is 0.143. The molecule has 37 heavy (non-hydrogen) atoms. The monoisotopic (exact) mass is 520 g/mol. The number of carbonyl (C=O) groups is 1. The van der Waals surface area contributed by atoms with Crippen molar-refractivity contribution in [3.63, 3.8) is 0 Å². The lowest BCUT2D eigenvalue weighted by atomic mass is 10.1. The van der Waals surface area contributed by atoms with E-state index in [-0.39, 0.29) is 12.4 Å². The predicted octanol–water partition coefficient (Wildman–Crippen LogP) is 2.70. The molecule has 0 spiro atoms. The molecule has 1 aliphatic heterocycles. The SMILES string of the molecule is COC(=O)Cc1ccc2c(c1)OCCOCCOCCOc1ccccc1OCCOCCOCCO2. The van der Waals surface area contributed by atoms with E-state index in [9.17, 15) is 4.79 Å². The molecule has 10 heteroatoms. The quantitative estimate of drug-likeness (QED) is 0.550. The van der Waals surface area contributed by atoms with E-state index in [0.717, 1.165) is 5.56 Å². The number of hydrogen-bond donors (Lipinski definition) is 0. The van der Waals surface area contributed by atoms with Crippen LogP contribution in [0.3, 0.4) is 0 Å². The Kier molecular flexibility index (Phi) is 13.4. The van der Waals surface area contributed by atoms with Gasteiger partial charge in [-0.3, -0.25) is 4.79 Å². The van der Waals surface area contributed by atoms with Crippen LogP contribution in [0.2, 0.25) is 0 Å². The first-order valence-electron chi connectivity index (χ1n) is 12.4. The zero-order valence-electron chi connectivity index (χ0n) is 21.3. The van der Waals surface area contributed by atoms with Gasteiger partial charge >= 0.3 is 5.97 Å². The summed E-state index contributed by atoms with van der Waals surface area (Å²) in [7, 11) is 1.36. The summed E-state index contributed by atoms with van der Waals surface area (Å²) in [6.07, 6.45) is 0.143. The van der Waals surface area contributed by atoms with Gasteiger partial charge in [-0.05, 0) is 29.8 Å². The fraction of sp³-hybridized carbons (Fsp3) is 0.519. The Hall–Kier alpha value is -3.05. The van der Waals surface area contributed by atoms with Gasteiger partial charge in [-0.1, -0.05) is 18.2 Å². The van der Waals surface area contributed by atoms with Crippen LogP contribution in [-0.2, 0) is 34.9 Å². The van der Waals surface area contributed by atoms with Gasteiger partial charge in [0, 0.05) is 0 Å². The second-order valence-corrected chi connectivity index (χ2v) is 7.82. The topological polar surface area (TPSA) is 100 Å². The van der Waals surface area contributed by atoms with Crippen LogP contribution in [0.5, 0.6) is 23.0 Å². The van der Waals surface area contributed by atoms with Crippen molar-refractivity contribution in [2.24, 2.45) is 0 Å². The van der Waals surface area contributed by atoms with Gasteiger partial charge in [0.2, 0.25) is 0 Å². The summed E-state index contributed by atoms with van der Waals surface area (Å²) in [6.45, 7) is 4.76. The highest BCUT2D eigenvalue weighted by Gasteiger charge is 2.11. The van der Waals surface area contributed by atoms with E-state index >= 15 is 0 Å². The molecule has 0 aliphatic carbocycles. The lowest BCUT2D eigenvalue weighted by Gasteiger charge is -2.15. The van der Waals surface area contributed by atoms with E-state index in [1.165, 1.54) is 7.11 Å². The Balaban J connectivity index is 1.51. The molecule has 2 aromatic carbocycles. The molecule has 204 valence electrons. The predicted molar refractivity (Wildman–Crippen MR) is 134 cm³/mol. The van der Waals surface area contributed by atoms with Crippen molar-refractivity contribution in [1.29, 1.82) is 0 Å². The highest BCUT2D eigenvalue weighted by Crippen LogP contribution is 2.29. The molecule has 0 aromatic heterocycles. The number of rotatable bonds is 2. The summed E-state index contributed by atoms with van der Waals surface area (Å²) in [5.41, 5.74) is 0.763. The number of benzene rings is 2. The Morgan fingerprint density at radius 3 is 1.46 bits per heavy atom. The summed E-state index contributed by atoms with van der Waals surface area (Å²) in [4.78, 5) is 11.6. The van der Waals surface area contributed by atoms with Crippen molar-refractivity contribution >= 4 is 5.97 Å². The Labute approximate surface area is 217 Å². The van der Waals surface area contributed by atoms with E-state index in [2.05, 4.69) is 0 Å². The zero-order valence-corrected chi connectivity index (χ0v) is 21.3. The van der Waals surface area contributed by atoms with E-state index < -0.39 is 0 Å². The number of esters is 1. The Morgan fingerprint density at radius 1 is 0.595 bits per heavy atom. The average molecular weight is 521 g/mol. The molecule has 3 rings (SSSR count). The molecule has 0 saturated carbocycles. The van der Waals surface area contributed by atoms with E-state index in [4.69, 9.17) is 42.6 Å². The molecule has 0 bridgehead atoms. The molecule has 0 amide bonds. The molecule has 10 nitrogen and oxygen atoms in total. The minimum atomic E-state index is -0.328. The molecule has 0 fully saturated rings. The summed E-state index contributed by atoms with van der Waals surface area (Å²) in [5.74, 6) is 2.08. The lowest BCUT2D eigenvalue weighted by Crippen LogP contribution is -2.15. The molecule has 1 heterocycles. The van der Waals surface area contributed by atoms with Gasteiger partial charge in [0.05, 0.1) is 66.4 Å². The Morgan fingerprint density at radius 2 is 1.00 bits per heavy atom. The summed E-state index contributed by atoms with van der Waals surface area (Å²) in [6, 6.07) is 12.9. The summed E-state index contributed by atoms with van der Waals surface area (Å²) in [5, 5.41) is 0. The first-order chi connectivity index (χ1) is 18.3. The van der Waals surface area contributed by atoms with Crippen LogP contribution in [0.25, 0.3) is 0 Å². The van der Waals surface area contributed by atoms with Gasteiger partial charge in [-0.15, -0.1) is 0 Å². The van der Waals surface area contributed by atoms with Crippen LogP contribution in [-0.4, -0.2) is 92.4 Å². The third-order valence-electron chi connectivity index (χ3n) is 5.12. The molecular formula is C27H36O10. The number of methoxy groups -OCH3 is 1. The van der Waals surface area contributed by atoms with Gasteiger partial charge in [-0.25, -0.2) is 0 Å². The maximum Gasteiger partial charge on any atom is 0.309 e. The molecule has 0 saturated heterocycles. The Bertz CT molecular complexity index is 920. The lowest BCUT2D eigenvalue weighted by molar-refractivity contribution is -0.139. The second kappa shape index (κ2) is 17.4. The van der Waals surface area contributed by atoms with Crippen molar-refractivity contribution in [3.05, 3.63) is 48.0 Å². The molecule has 0 N–H and O–H groups in total. The van der Waals surface area contributed by atoms with Crippen molar-refractivity contribution in [1.82, 2.24) is 0 Å². The third-order valence-corrected chi connectivity index (χ3v) is 5.12. The van der Waals surface area contributed by atoms with Crippen molar-refractivity contribution in [3.8, 4) is 23.0 Å². The van der Waals surface area contributed by atoms with Crippen LogP contribution in [0.15, 0.2) is 42.5 Å². The van der Waals surface area contributed by atoms with Crippen LogP contribution < -0.4 is 18.9 Å². The average Bonchev–Trinajstić information content (AvgIpc) is 2.91. The molecule has 1 aliphatic rings. The minimum Gasteiger partial charge on any atom is -0.487 e. The van der Waals surface area contributed by atoms with E-state index in [1.54, 1.807) is 18.2 Å². The largest absolute Gasteiger partial charge is 0.487 e. The number of carbonyl (C=O) groups excluding carboxylic acids is 1. The number of hydrogen-bond acceptors (Lipinski definition) is 10. The van der Waals surface area contributed by atoms with Gasteiger partial charge in [-0.2, -0.15) is 0 Å². The van der Waals surface area contributed by atoms with Gasteiger partial charge in [0.15, 0.2) is 23.0 Å².